The van der Waals surface area contributed by atoms with Crippen LogP contribution in [0.25, 0.3) is 0 Å². The zero-order valence-electron chi connectivity index (χ0n) is 10.3. The van der Waals surface area contributed by atoms with E-state index in [0.29, 0.717) is 6.42 Å². The topological polar surface area (TPSA) is 43.4 Å². The highest BCUT2D eigenvalue weighted by atomic mass is 16.5. The maximum absolute atomic E-state index is 10.8. The Bertz CT molecular complexity index is 288. The predicted molar refractivity (Wildman–Crippen MR) is 64.1 cm³/mol. The van der Waals surface area contributed by atoms with Gasteiger partial charge in [-0.25, -0.2) is 0 Å². The third kappa shape index (κ3) is 7.97. The zero-order valence-corrected chi connectivity index (χ0v) is 10.3. The van der Waals surface area contributed by atoms with Crippen LogP contribution in [0, 0.1) is 0 Å². The number of carbonyl (C=O) groups is 2. The number of esters is 1. The van der Waals surface area contributed by atoms with Crippen molar-refractivity contribution in [1.82, 2.24) is 0 Å². The first-order valence-electron chi connectivity index (χ1n) is 5.44. The Balaban J connectivity index is 3.79. The van der Waals surface area contributed by atoms with Crippen LogP contribution in [0.2, 0.25) is 0 Å². The van der Waals surface area contributed by atoms with E-state index in [1.54, 1.807) is 6.92 Å². The van der Waals surface area contributed by atoms with Gasteiger partial charge in [-0.3, -0.25) is 9.59 Å². The lowest BCUT2D eigenvalue weighted by Gasteiger charge is -1.99. The summed E-state index contributed by atoms with van der Waals surface area (Å²) in [6, 6.07) is 0. The van der Waals surface area contributed by atoms with Gasteiger partial charge in [0.2, 0.25) is 0 Å². The number of ether oxygens (including phenoxy) is 1. The molecule has 0 heterocycles. The fraction of sp³-hybridized carbons (Fsp3) is 0.538. The van der Waals surface area contributed by atoms with Gasteiger partial charge in [-0.1, -0.05) is 17.7 Å². The van der Waals surface area contributed by atoms with Crippen molar-refractivity contribution in [2.45, 2.75) is 39.5 Å². The highest BCUT2D eigenvalue weighted by molar-refractivity contribution is 5.71. The molecule has 0 atom stereocenters. The van der Waals surface area contributed by atoms with E-state index in [0.717, 1.165) is 31.1 Å². The van der Waals surface area contributed by atoms with Crippen molar-refractivity contribution in [3.05, 3.63) is 23.3 Å². The van der Waals surface area contributed by atoms with Crippen LogP contribution in [-0.4, -0.2) is 19.4 Å². The van der Waals surface area contributed by atoms with Gasteiger partial charge in [0.05, 0.1) is 7.11 Å². The maximum atomic E-state index is 10.8. The maximum Gasteiger partial charge on any atom is 0.305 e. The van der Waals surface area contributed by atoms with Crippen molar-refractivity contribution < 1.29 is 14.3 Å². The predicted octanol–water partition coefficient (Wildman–Crippen LogP) is 2.81. The molecule has 0 amide bonds. The molecule has 0 aromatic heterocycles. The number of rotatable bonds is 7. The minimum atomic E-state index is -0.180. The monoisotopic (exact) mass is 224 g/mol. The molecule has 0 aromatic rings. The third-order valence-corrected chi connectivity index (χ3v) is 2.26. The molecule has 0 bridgehead atoms. The summed E-state index contributed by atoms with van der Waals surface area (Å²) in [6.45, 7) is 3.82. The molecule has 0 unspecified atom stereocenters. The Morgan fingerprint density at radius 2 is 1.75 bits per heavy atom. The lowest BCUT2D eigenvalue weighted by molar-refractivity contribution is -0.140. The highest BCUT2D eigenvalue weighted by Gasteiger charge is 1.97. The minimum absolute atomic E-state index is 0.180. The van der Waals surface area contributed by atoms with Crippen LogP contribution in [0.4, 0.5) is 0 Å². The van der Waals surface area contributed by atoms with Crippen LogP contribution in [0.3, 0.4) is 0 Å². The van der Waals surface area contributed by atoms with Crippen LogP contribution < -0.4 is 0 Å². The van der Waals surface area contributed by atoms with Crippen LogP contribution in [0.5, 0.6) is 0 Å². The molecular formula is C13H20O3. The molecule has 0 aliphatic carbocycles. The summed E-state index contributed by atoms with van der Waals surface area (Å²) in [4.78, 5) is 21.2. The molecule has 0 saturated heterocycles. The Kier molecular flexibility index (Phi) is 8.12. The average molecular weight is 224 g/mol. The van der Waals surface area contributed by atoms with Gasteiger partial charge in [0, 0.05) is 6.42 Å². The second kappa shape index (κ2) is 8.89. The average Bonchev–Trinajstić information content (AvgIpc) is 2.28. The van der Waals surface area contributed by atoms with Crippen LogP contribution in [0.15, 0.2) is 23.3 Å². The first-order valence-corrected chi connectivity index (χ1v) is 5.44. The van der Waals surface area contributed by atoms with Gasteiger partial charge in [-0.2, -0.15) is 0 Å². The summed E-state index contributed by atoms with van der Waals surface area (Å²) in [5.41, 5.74) is 2.00. The highest BCUT2D eigenvalue weighted by Crippen LogP contribution is 2.08. The smallest absolute Gasteiger partial charge is 0.305 e. The molecule has 0 rings (SSSR count). The molecule has 0 N–H and O–H groups in total. The fourth-order valence-corrected chi connectivity index (χ4v) is 1.22. The minimum Gasteiger partial charge on any atom is -0.469 e. The molecule has 0 saturated carbocycles. The van der Waals surface area contributed by atoms with Gasteiger partial charge in [-0.15, -0.1) is 0 Å². The second-order valence-electron chi connectivity index (χ2n) is 3.77. The molecule has 3 nitrogen and oxygen atoms in total. The normalized spacial score (nSPS) is 12.4. The summed E-state index contributed by atoms with van der Waals surface area (Å²) < 4.78 is 4.54. The van der Waals surface area contributed by atoms with E-state index in [9.17, 15) is 9.59 Å². The standard InChI is InChI=1S/C13H20O3/c1-11(6-4-8-12(2)10-14)7-5-9-13(15)16-3/h7-8,10H,4-6,9H2,1-3H3. The van der Waals surface area contributed by atoms with Crippen molar-refractivity contribution in [3.63, 3.8) is 0 Å². The lowest BCUT2D eigenvalue weighted by atomic mass is 10.1. The summed E-state index contributed by atoms with van der Waals surface area (Å²) in [6.07, 6.45) is 7.76. The van der Waals surface area contributed by atoms with E-state index in [4.69, 9.17) is 0 Å². The third-order valence-electron chi connectivity index (χ3n) is 2.26. The first-order chi connectivity index (χ1) is 7.60. The van der Waals surface area contributed by atoms with Crippen molar-refractivity contribution >= 4 is 12.3 Å². The first kappa shape index (κ1) is 14.6. The van der Waals surface area contributed by atoms with Crippen molar-refractivity contribution in [1.29, 1.82) is 0 Å². The number of hydrogen-bond acceptors (Lipinski definition) is 3. The van der Waals surface area contributed by atoms with Crippen molar-refractivity contribution in [3.8, 4) is 0 Å². The molecular weight excluding hydrogens is 204 g/mol. The van der Waals surface area contributed by atoms with Crippen LogP contribution in [0.1, 0.15) is 39.5 Å². The van der Waals surface area contributed by atoms with E-state index >= 15 is 0 Å². The molecule has 3 heteroatoms. The Labute approximate surface area is 97.2 Å². The Morgan fingerprint density at radius 3 is 2.31 bits per heavy atom. The Morgan fingerprint density at radius 1 is 1.12 bits per heavy atom. The molecule has 0 spiro atoms. The summed E-state index contributed by atoms with van der Waals surface area (Å²) in [5, 5.41) is 0. The molecule has 90 valence electrons. The lowest BCUT2D eigenvalue weighted by Crippen LogP contribution is -1.98. The SMILES string of the molecule is COC(=O)CCC=C(C)CCC=C(C)C=O. The van der Waals surface area contributed by atoms with Crippen molar-refractivity contribution in [2.75, 3.05) is 7.11 Å². The van der Waals surface area contributed by atoms with Crippen molar-refractivity contribution in [2.24, 2.45) is 0 Å². The van der Waals surface area contributed by atoms with E-state index in [2.05, 4.69) is 4.74 Å². The quantitative estimate of drug-likeness (QED) is 0.289. The summed E-state index contributed by atoms with van der Waals surface area (Å²) >= 11 is 0. The van der Waals surface area contributed by atoms with Gasteiger partial charge in [0.25, 0.3) is 0 Å². The molecule has 0 radical (unpaired) electrons. The van der Waals surface area contributed by atoms with Gasteiger partial charge < -0.3 is 4.74 Å². The second-order valence-corrected chi connectivity index (χ2v) is 3.77. The molecule has 0 aromatic carbocycles. The van der Waals surface area contributed by atoms with E-state index in [1.165, 1.54) is 12.7 Å². The van der Waals surface area contributed by atoms with Gasteiger partial charge in [0.1, 0.15) is 6.29 Å². The van der Waals surface area contributed by atoms with Crippen LogP contribution in [-0.2, 0) is 14.3 Å². The zero-order chi connectivity index (χ0) is 12.4. The van der Waals surface area contributed by atoms with Gasteiger partial charge in [-0.05, 0) is 38.7 Å². The molecule has 0 aliphatic heterocycles. The van der Waals surface area contributed by atoms with Gasteiger partial charge >= 0.3 is 5.97 Å². The molecule has 0 fully saturated rings. The number of aldehydes is 1. The number of carbonyl (C=O) groups excluding carboxylic acids is 2. The number of allylic oxidation sites excluding steroid dienone is 4. The molecule has 16 heavy (non-hydrogen) atoms. The van der Waals surface area contributed by atoms with Gasteiger partial charge in [0.15, 0.2) is 0 Å². The molecule has 0 aliphatic rings. The number of methoxy groups -OCH3 is 1. The summed E-state index contributed by atoms with van der Waals surface area (Å²) in [5.74, 6) is -0.180. The van der Waals surface area contributed by atoms with Crippen LogP contribution >= 0.6 is 0 Å². The Hall–Kier alpha value is -1.38. The largest absolute Gasteiger partial charge is 0.469 e. The van der Waals surface area contributed by atoms with E-state index in [1.807, 2.05) is 19.1 Å². The fourth-order valence-electron chi connectivity index (χ4n) is 1.22. The van der Waals surface area contributed by atoms with E-state index < -0.39 is 0 Å². The summed E-state index contributed by atoms with van der Waals surface area (Å²) in [7, 11) is 1.39. The van der Waals surface area contributed by atoms with E-state index in [-0.39, 0.29) is 5.97 Å². The number of hydrogen-bond donors (Lipinski definition) is 0.